The van der Waals surface area contributed by atoms with Crippen molar-refractivity contribution in [3.63, 3.8) is 0 Å². The number of fused-ring (bicyclic) bond motifs is 1. The lowest BCUT2D eigenvalue weighted by atomic mass is 10.1. The Morgan fingerprint density at radius 3 is 2.58 bits per heavy atom. The highest BCUT2D eigenvalue weighted by atomic mass is 16.5. The summed E-state index contributed by atoms with van der Waals surface area (Å²) >= 11 is 0. The number of anilines is 1. The lowest BCUT2D eigenvalue weighted by Crippen LogP contribution is -2.48. The average molecular weight is 434 g/mol. The molecule has 11 nitrogen and oxygen atoms in total. The van der Waals surface area contributed by atoms with Crippen LogP contribution in [0.1, 0.15) is 40.0 Å². The van der Waals surface area contributed by atoms with E-state index >= 15 is 0 Å². The van der Waals surface area contributed by atoms with Crippen molar-refractivity contribution in [3.05, 3.63) is 34.2 Å². The van der Waals surface area contributed by atoms with Crippen LogP contribution in [0.4, 0.5) is 5.69 Å². The number of amides is 3. The Labute approximate surface area is 177 Å². The van der Waals surface area contributed by atoms with E-state index in [1.54, 1.807) is 18.2 Å². The predicted molar refractivity (Wildman–Crippen MR) is 106 cm³/mol. The number of nitrogens with zero attached hydrogens (tertiary/aromatic N) is 2. The van der Waals surface area contributed by atoms with Crippen molar-refractivity contribution < 1.29 is 38.5 Å². The van der Waals surface area contributed by atoms with Crippen molar-refractivity contribution in [1.82, 2.24) is 4.90 Å². The van der Waals surface area contributed by atoms with Crippen molar-refractivity contribution in [2.24, 2.45) is 0 Å². The third-order valence-electron chi connectivity index (χ3n) is 5.05. The van der Waals surface area contributed by atoms with Crippen LogP contribution >= 0.6 is 0 Å². The number of carboxylic acids is 1. The Bertz CT molecular complexity index is 900. The molecular formula is C20H24N3O8+. The number of benzene rings is 1. The number of aliphatic carboxylic acids is 1. The summed E-state index contributed by atoms with van der Waals surface area (Å²) in [5.41, 5.74) is 1.00. The summed E-state index contributed by atoms with van der Waals surface area (Å²) in [6, 6.07) is 4.28. The van der Waals surface area contributed by atoms with Gasteiger partial charge in [-0.1, -0.05) is 6.07 Å². The predicted octanol–water partition coefficient (Wildman–Crippen LogP) is 0.670. The van der Waals surface area contributed by atoms with E-state index < -0.39 is 29.7 Å². The van der Waals surface area contributed by atoms with Crippen LogP contribution in [0.3, 0.4) is 0 Å². The molecule has 0 aromatic heterocycles. The molecule has 1 atom stereocenters. The average Bonchev–Trinajstić information content (AvgIpc) is 2.99. The zero-order valence-electron chi connectivity index (χ0n) is 16.9. The Morgan fingerprint density at radius 2 is 1.87 bits per heavy atom. The van der Waals surface area contributed by atoms with Gasteiger partial charge in [-0.3, -0.25) is 19.3 Å². The number of hydrogen-bond donors (Lipinski definition) is 2. The Kier molecular flexibility index (Phi) is 7.42. The second-order valence-corrected chi connectivity index (χ2v) is 7.15. The molecule has 0 bridgehead atoms. The maximum Gasteiger partial charge on any atom is 0.433 e. The molecule has 2 heterocycles. The van der Waals surface area contributed by atoms with Crippen molar-refractivity contribution in [1.29, 1.82) is 0 Å². The second kappa shape index (κ2) is 10.2. The van der Waals surface area contributed by atoms with E-state index in [-0.39, 0.29) is 50.1 Å². The summed E-state index contributed by atoms with van der Waals surface area (Å²) in [5, 5.41) is 11.6. The van der Waals surface area contributed by atoms with Crippen molar-refractivity contribution in [2.45, 2.75) is 25.3 Å². The van der Waals surface area contributed by atoms with Crippen LogP contribution in [0.2, 0.25) is 0 Å². The maximum atomic E-state index is 13.0. The number of nitrogens with one attached hydrogen (secondary N) is 1. The Hall–Kier alpha value is -3.18. The number of hydrogen-bond acceptors (Lipinski definition) is 8. The molecule has 2 aliphatic heterocycles. The number of rotatable bonds is 11. The fraction of sp³-hybridized carbons (Fsp3) is 0.500. The van der Waals surface area contributed by atoms with Gasteiger partial charge in [0.15, 0.2) is 0 Å². The molecule has 3 rings (SSSR count). The molecule has 0 aliphatic carbocycles. The summed E-state index contributed by atoms with van der Waals surface area (Å²) in [4.78, 5) is 60.3. The van der Waals surface area contributed by atoms with E-state index in [4.69, 9.17) is 14.6 Å². The van der Waals surface area contributed by atoms with Gasteiger partial charge >= 0.3 is 11.9 Å². The molecule has 11 heteroatoms. The van der Waals surface area contributed by atoms with Crippen LogP contribution in [0.15, 0.2) is 18.2 Å². The number of carbonyl (C=O) groups is 4. The highest BCUT2D eigenvalue weighted by molar-refractivity contribution is 6.24. The fourth-order valence-electron chi connectivity index (χ4n) is 3.53. The number of carboxylic acid groups (broad SMARTS) is 1. The fourth-order valence-corrected chi connectivity index (χ4v) is 3.53. The Balaban J connectivity index is 1.52. The zero-order chi connectivity index (χ0) is 22.4. The molecular weight excluding hydrogens is 410 g/mol. The second-order valence-electron chi connectivity index (χ2n) is 7.15. The third kappa shape index (κ3) is 5.30. The number of piperidine rings is 1. The van der Waals surface area contributed by atoms with E-state index in [1.807, 2.05) is 0 Å². The van der Waals surface area contributed by atoms with E-state index in [9.17, 15) is 24.1 Å². The van der Waals surface area contributed by atoms with E-state index in [0.717, 1.165) is 4.90 Å². The zero-order valence-corrected chi connectivity index (χ0v) is 16.9. The Morgan fingerprint density at radius 1 is 1.13 bits per heavy atom. The quantitative estimate of drug-likeness (QED) is 0.292. The number of imide groups is 1. The van der Waals surface area contributed by atoms with Crippen LogP contribution in [0, 0.1) is 4.91 Å². The van der Waals surface area contributed by atoms with Gasteiger partial charge in [0.2, 0.25) is 6.54 Å². The molecule has 0 spiro atoms. The lowest BCUT2D eigenvalue weighted by molar-refractivity contribution is -0.481. The highest BCUT2D eigenvalue weighted by Gasteiger charge is 2.46. The molecule has 1 aromatic carbocycles. The first-order chi connectivity index (χ1) is 14.9. The molecule has 2 N–H and O–H groups in total. The molecule has 1 fully saturated rings. The van der Waals surface area contributed by atoms with Gasteiger partial charge in [-0.25, -0.2) is 4.79 Å². The van der Waals surface area contributed by atoms with Gasteiger partial charge in [-0.15, -0.1) is 0 Å². The number of carbonyl (C=O) groups excluding carboxylic acids is 3. The van der Waals surface area contributed by atoms with Crippen molar-refractivity contribution in [3.8, 4) is 0 Å². The van der Waals surface area contributed by atoms with Gasteiger partial charge in [0.05, 0.1) is 55.2 Å². The molecule has 1 unspecified atom stereocenters. The highest BCUT2D eigenvalue weighted by Crippen LogP contribution is 2.32. The molecule has 1 aromatic rings. The van der Waals surface area contributed by atoms with Gasteiger partial charge in [0.25, 0.3) is 11.8 Å². The number of nitroso groups, excluding NO2 is 1. The number of ether oxygens (including phenoxy) is 2. The van der Waals surface area contributed by atoms with Gasteiger partial charge < -0.3 is 19.9 Å². The summed E-state index contributed by atoms with van der Waals surface area (Å²) in [6.45, 7) is 1.17. The first-order valence-electron chi connectivity index (χ1n) is 9.99. The third-order valence-corrected chi connectivity index (χ3v) is 5.05. The van der Waals surface area contributed by atoms with Crippen LogP contribution in [-0.4, -0.2) is 84.0 Å². The standard InChI is InChI=1S/C20H23N3O8/c24-16-5-4-13(12-22(16)29)23-19(27)14-2-1-3-15(18(14)20(23)28)21-7-9-31-11-10-30-8-6-17(25)26/h1-3,13H,4-12H2,(H-,21,25,26,28)/p+1. The molecule has 0 radical (unpaired) electrons. The molecule has 2 aliphatic rings. The van der Waals surface area contributed by atoms with Gasteiger partial charge in [-0.2, -0.15) is 0 Å². The van der Waals surface area contributed by atoms with E-state index in [0.29, 0.717) is 30.2 Å². The largest absolute Gasteiger partial charge is 0.481 e. The normalized spacial score (nSPS) is 18.5. The SMILES string of the molecule is O=C(O)CCOCCOCCNc1cccc2c1C(=O)N(C1CCC(=O)[N+](=O)C1)C2=O. The lowest BCUT2D eigenvalue weighted by Gasteiger charge is -2.24. The van der Waals surface area contributed by atoms with Crippen molar-refractivity contribution in [2.75, 3.05) is 44.8 Å². The minimum absolute atomic E-state index is 0.00401. The first-order valence-corrected chi connectivity index (χ1v) is 9.99. The first kappa shape index (κ1) is 22.5. The monoisotopic (exact) mass is 434 g/mol. The van der Waals surface area contributed by atoms with Gasteiger partial charge in [0.1, 0.15) is 6.04 Å². The molecule has 3 amide bonds. The van der Waals surface area contributed by atoms with Crippen LogP contribution in [-0.2, 0) is 19.1 Å². The minimum Gasteiger partial charge on any atom is -0.481 e. The van der Waals surface area contributed by atoms with Gasteiger partial charge in [-0.05, 0) is 18.6 Å². The summed E-state index contributed by atoms with van der Waals surface area (Å²) in [5.74, 6) is -2.41. The van der Waals surface area contributed by atoms with Crippen LogP contribution in [0.5, 0.6) is 0 Å². The van der Waals surface area contributed by atoms with Gasteiger partial charge in [0, 0.05) is 17.1 Å². The smallest absolute Gasteiger partial charge is 0.433 e. The summed E-state index contributed by atoms with van der Waals surface area (Å²) < 4.78 is 10.8. The molecule has 31 heavy (non-hydrogen) atoms. The molecule has 1 saturated heterocycles. The summed E-state index contributed by atoms with van der Waals surface area (Å²) in [6.07, 6.45) is 0.215. The topological polar surface area (TPSA) is 142 Å². The van der Waals surface area contributed by atoms with Crippen LogP contribution < -0.4 is 5.32 Å². The van der Waals surface area contributed by atoms with E-state index in [2.05, 4.69) is 5.32 Å². The van der Waals surface area contributed by atoms with E-state index in [1.165, 1.54) is 0 Å². The van der Waals surface area contributed by atoms with Crippen LogP contribution in [0.25, 0.3) is 0 Å². The molecule has 0 saturated carbocycles. The minimum atomic E-state index is -0.922. The van der Waals surface area contributed by atoms with Crippen molar-refractivity contribution >= 4 is 29.4 Å². The summed E-state index contributed by atoms with van der Waals surface area (Å²) in [7, 11) is 0. The maximum absolute atomic E-state index is 13.0. The molecule has 166 valence electrons.